The van der Waals surface area contributed by atoms with Crippen LogP contribution in [0.1, 0.15) is 46.5 Å². The second-order valence-corrected chi connectivity index (χ2v) is 9.27. The van der Waals surface area contributed by atoms with Crippen LogP contribution in [0.2, 0.25) is 18.1 Å². The lowest BCUT2D eigenvalue weighted by Crippen LogP contribution is -2.38. The average Bonchev–Trinajstić information content (AvgIpc) is 2.24. The molecule has 0 aromatic rings. The van der Waals surface area contributed by atoms with Gasteiger partial charge in [-0.1, -0.05) is 49.5 Å². The van der Waals surface area contributed by atoms with E-state index in [1.54, 1.807) is 0 Å². The van der Waals surface area contributed by atoms with Crippen LogP contribution in [-0.2, 0) is 4.43 Å². The van der Waals surface area contributed by atoms with E-state index in [9.17, 15) is 0 Å². The molecule has 0 fully saturated rings. The first-order chi connectivity index (χ1) is 7.24. The zero-order chi connectivity index (χ0) is 11.6. The van der Waals surface area contributed by atoms with E-state index in [0.29, 0.717) is 0 Å². The molecule has 0 aliphatic carbocycles. The van der Waals surface area contributed by atoms with Crippen LogP contribution in [0.25, 0.3) is 0 Å². The molecule has 0 saturated heterocycles. The Labute approximate surface area is 105 Å². The van der Waals surface area contributed by atoms with Crippen molar-refractivity contribution in [2.75, 3.05) is 11.9 Å². The van der Waals surface area contributed by atoms with Crippen LogP contribution in [0.3, 0.4) is 0 Å². The predicted octanol–water partition coefficient (Wildman–Crippen LogP) is 4.96. The maximum Gasteiger partial charge on any atom is 0.192 e. The second-order valence-electron chi connectivity index (χ2n) is 4.32. The van der Waals surface area contributed by atoms with Crippen LogP contribution in [-0.4, -0.2) is 20.3 Å². The van der Waals surface area contributed by atoms with Gasteiger partial charge in [0.05, 0.1) is 0 Å². The lowest BCUT2D eigenvalue weighted by molar-refractivity contribution is 0.295. The van der Waals surface area contributed by atoms with Crippen molar-refractivity contribution in [3.05, 3.63) is 0 Å². The molecule has 0 rings (SSSR count). The summed E-state index contributed by atoms with van der Waals surface area (Å²) in [6.07, 6.45) is 5.03. The largest absolute Gasteiger partial charge is 0.417 e. The molecule has 92 valence electrons. The zero-order valence-corrected chi connectivity index (χ0v) is 13.2. The Morgan fingerprint density at radius 3 is 1.93 bits per heavy atom. The Hall–Kier alpha value is 0.657. The second kappa shape index (κ2) is 9.85. The first-order valence-corrected chi connectivity index (χ1v) is 10.1. The molecular weight excluding hydrogens is 268 g/mol. The summed E-state index contributed by atoms with van der Waals surface area (Å²) in [6.45, 7) is 7.78. The van der Waals surface area contributed by atoms with Crippen molar-refractivity contribution in [3.8, 4) is 0 Å². The Kier molecular flexibility index (Phi) is 10.3. The number of rotatable bonds is 10. The summed E-state index contributed by atoms with van der Waals surface area (Å²) in [4.78, 5) is 0. The molecule has 0 spiro atoms. The fourth-order valence-corrected chi connectivity index (χ4v) is 7.47. The Bertz CT molecular complexity index is 126. The third kappa shape index (κ3) is 6.75. The Morgan fingerprint density at radius 2 is 1.53 bits per heavy atom. The molecule has 0 N–H and O–H groups in total. The highest BCUT2D eigenvalue weighted by molar-refractivity contribution is 9.09. The molecule has 0 aliphatic heterocycles. The van der Waals surface area contributed by atoms with E-state index in [2.05, 4.69) is 36.7 Å². The van der Waals surface area contributed by atoms with Crippen LogP contribution < -0.4 is 0 Å². The minimum Gasteiger partial charge on any atom is -0.417 e. The van der Waals surface area contributed by atoms with Crippen molar-refractivity contribution < 1.29 is 4.43 Å². The van der Waals surface area contributed by atoms with Crippen molar-refractivity contribution in [3.63, 3.8) is 0 Å². The molecule has 0 aromatic carbocycles. The first kappa shape index (κ1) is 15.7. The number of halogens is 1. The van der Waals surface area contributed by atoms with Gasteiger partial charge in [0.2, 0.25) is 0 Å². The van der Waals surface area contributed by atoms with Gasteiger partial charge in [0.25, 0.3) is 0 Å². The molecule has 0 bridgehead atoms. The van der Waals surface area contributed by atoms with E-state index >= 15 is 0 Å². The summed E-state index contributed by atoms with van der Waals surface area (Å²) in [6, 6.07) is 4.06. The quantitative estimate of drug-likeness (QED) is 0.409. The fraction of sp³-hybridized carbons (Fsp3) is 1.00. The Morgan fingerprint density at radius 1 is 0.933 bits per heavy atom. The highest BCUT2D eigenvalue weighted by Gasteiger charge is 2.31. The van der Waals surface area contributed by atoms with Crippen molar-refractivity contribution in [1.29, 1.82) is 0 Å². The monoisotopic (exact) mass is 294 g/mol. The normalized spacial score (nSPS) is 12.0. The molecule has 1 nitrogen and oxygen atoms in total. The summed E-state index contributed by atoms with van der Waals surface area (Å²) >= 11 is 3.54. The number of hydrogen-bond donors (Lipinski definition) is 0. The van der Waals surface area contributed by atoms with Gasteiger partial charge in [-0.15, -0.1) is 0 Å². The fourth-order valence-electron chi connectivity index (χ4n) is 2.21. The molecule has 0 aliphatic rings. The number of hydrogen-bond acceptors (Lipinski definition) is 1. The lowest BCUT2D eigenvalue weighted by Gasteiger charge is -2.31. The molecule has 0 atom stereocenters. The minimum atomic E-state index is -1.37. The zero-order valence-electron chi connectivity index (χ0n) is 10.7. The van der Waals surface area contributed by atoms with Gasteiger partial charge in [0.15, 0.2) is 8.32 Å². The molecule has 0 saturated carbocycles. The molecule has 15 heavy (non-hydrogen) atoms. The van der Waals surface area contributed by atoms with Crippen LogP contribution in [0, 0.1) is 0 Å². The van der Waals surface area contributed by atoms with Crippen molar-refractivity contribution in [2.45, 2.75) is 64.6 Å². The van der Waals surface area contributed by atoms with Gasteiger partial charge in [-0.3, -0.25) is 0 Å². The van der Waals surface area contributed by atoms with Crippen molar-refractivity contribution in [2.24, 2.45) is 0 Å². The smallest absolute Gasteiger partial charge is 0.192 e. The third-order valence-corrected chi connectivity index (χ3v) is 8.25. The molecule has 0 radical (unpaired) electrons. The molecule has 0 aromatic heterocycles. The average molecular weight is 295 g/mol. The van der Waals surface area contributed by atoms with Crippen molar-refractivity contribution >= 4 is 24.2 Å². The summed E-state index contributed by atoms with van der Waals surface area (Å²) < 4.78 is 6.28. The highest BCUT2D eigenvalue weighted by Crippen LogP contribution is 2.27. The molecule has 0 amide bonds. The van der Waals surface area contributed by atoms with E-state index in [0.717, 1.165) is 18.4 Å². The molecular formula is C12H27BrOSi. The first-order valence-electron chi connectivity index (χ1n) is 6.44. The number of alkyl halides is 1. The standard InChI is InChI=1S/C12H27BrOSi/c1-4-9-14-15(10-5-2,11-6-3)12-7-8-13/h4-12H2,1-3H3. The third-order valence-electron chi connectivity index (χ3n) is 2.79. The summed E-state index contributed by atoms with van der Waals surface area (Å²) in [5.41, 5.74) is 0. The SMILES string of the molecule is CCCO[Si](CCC)(CCC)CCCBr. The van der Waals surface area contributed by atoms with Crippen LogP contribution in [0.4, 0.5) is 0 Å². The van der Waals surface area contributed by atoms with E-state index in [1.807, 2.05) is 0 Å². The molecule has 0 unspecified atom stereocenters. The Balaban J connectivity index is 4.26. The summed E-state index contributed by atoms with van der Waals surface area (Å²) in [5, 5.41) is 1.13. The van der Waals surface area contributed by atoms with Crippen LogP contribution in [0.15, 0.2) is 0 Å². The van der Waals surface area contributed by atoms with Gasteiger partial charge in [-0.2, -0.15) is 0 Å². The van der Waals surface area contributed by atoms with E-state index in [-0.39, 0.29) is 0 Å². The van der Waals surface area contributed by atoms with Gasteiger partial charge in [-0.25, -0.2) is 0 Å². The van der Waals surface area contributed by atoms with E-state index in [1.165, 1.54) is 37.4 Å². The van der Waals surface area contributed by atoms with Crippen molar-refractivity contribution in [1.82, 2.24) is 0 Å². The summed E-state index contributed by atoms with van der Waals surface area (Å²) in [7, 11) is -1.37. The van der Waals surface area contributed by atoms with Crippen LogP contribution in [0.5, 0.6) is 0 Å². The van der Waals surface area contributed by atoms with Gasteiger partial charge >= 0.3 is 0 Å². The van der Waals surface area contributed by atoms with Gasteiger partial charge < -0.3 is 4.43 Å². The maximum atomic E-state index is 6.28. The lowest BCUT2D eigenvalue weighted by atomic mass is 10.5. The minimum absolute atomic E-state index is 0.981. The molecule has 0 heterocycles. The highest BCUT2D eigenvalue weighted by atomic mass is 79.9. The summed E-state index contributed by atoms with van der Waals surface area (Å²) in [5.74, 6) is 0. The van der Waals surface area contributed by atoms with E-state index < -0.39 is 8.32 Å². The van der Waals surface area contributed by atoms with E-state index in [4.69, 9.17) is 4.43 Å². The van der Waals surface area contributed by atoms with Gasteiger partial charge in [-0.05, 0) is 31.0 Å². The predicted molar refractivity (Wildman–Crippen MR) is 75.4 cm³/mol. The van der Waals surface area contributed by atoms with Crippen LogP contribution >= 0.6 is 15.9 Å². The maximum absolute atomic E-state index is 6.28. The molecule has 3 heteroatoms. The van der Waals surface area contributed by atoms with Gasteiger partial charge in [0.1, 0.15) is 0 Å². The van der Waals surface area contributed by atoms with Gasteiger partial charge in [0, 0.05) is 11.9 Å². The topological polar surface area (TPSA) is 9.23 Å².